The molecule has 0 aliphatic carbocycles. The van der Waals surface area contributed by atoms with Crippen molar-refractivity contribution in [1.82, 2.24) is 5.43 Å². The molecule has 1 aliphatic rings. The predicted molar refractivity (Wildman–Crippen MR) is 107 cm³/mol. The van der Waals surface area contributed by atoms with Crippen molar-refractivity contribution in [1.29, 1.82) is 0 Å². The predicted octanol–water partition coefficient (Wildman–Crippen LogP) is 0.212. The number of hydrazine groups is 1. The minimum atomic E-state index is -1.43. The fourth-order valence-electron chi connectivity index (χ4n) is 2.89. The number of aliphatic carboxylic acids is 2. The van der Waals surface area contributed by atoms with Crippen LogP contribution < -0.4 is 17.1 Å². The Morgan fingerprint density at radius 3 is 2.20 bits per heavy atom. The third-order valence-corrected chi connectivity index (χ3v) is 4.05. The Bertz CT molecular complexity index is 1000. The first-order chi connectivity index (χ1) is 13.9. The number of carboxylic acids is 2. The number of hydrogen-bond acceptors (Lipinski definition) is 8. The van der Waals surface area contributed by atoms with Gasteiger partial charge in [-0.05, 0) is 5.56 Å². The summed E-state index contributed by atoms with van der Waals surface area (Å²) in [7, 11) is 0. The number of hydrazone groups is 1. The van der Waals surface area contributed by atoms with Gasteiger partial charge in [0.2, 0.25) is 0 Å². The molecule has 0 fully saturated rings. The first-order valence-electron chi connectivity index (χ1n) is 8.07. The van der Waals surface area contributed by atoms with E-state index in [4.69, 9.17) is 0 Å². The lowest BCUT2D eigenvalue weighted by atomic mass is 9.83. The molecule has 1 aliphatic heterocycles. The number of nitro groups is 1. The monoisotopic (exact) mass is 417 g/mol. The van der Waals surface area contributed by atoms with Crippen molar-refractivity contribution in [2.75, 3.05) is 0 Å². The van der Waals surface area contributed by atoms with Crippen LogP contribution in [0.2, 0.25) is 0 Å². The van der Waals surface area contributed by atoms with E-state index in [9.17, 15) is 29.9 Å². The van der Waals surface area contributed by atoms with E-state index in [0.29, 0.717) is 5.56 Å². The summed E-state index contributed by atoms with van der Waals surface area (Å²) < 4.78 is 0. The number of non-ortho nitro benzene ring substituents is 1. The van der Waals surface area contributed by atoms with Crippen molar-refractivity contribution in [2.45, 2.75) is 5.92 Å². The summed E-state index contributed by atoms with van der Waals surface area (Å²) in [4.78, 5) is 34.1. The second-order valence-corrected chi connectivity index (χ2v) is 5.66. The van der Waals surface area contributed by atoms with Gasteiger partial charge in [-0.3, -0.25) is 27.2 Å². The molecule has 0 radical (unpaired) electrons. The average Bonchev–Trinajstić information content (AvgIpc) is 2.74. The van der Waals surface area contributed by atoms with E-state index in [0.717, 1.165) is 6.07 Å². The fraction of sp³-hybridized carbons (Fsp3) is 0.0556. The van der Waals surface area contributed by atoms with Gasteiger partial charge < -0.3 is 15.7 Å². The van der Waals surface area contributed by atoms with Gasteiger partial charge in [0.05, 0.1) is 22.1 Å². The zero-order valence-electron chi connectivity index (χ0n) is 15.4. The van der Waals surface area contributed by atoms with E-state index >= 15 is 0 Å². The van der Waals surface area contributed by atoms with Crippen molar-refractivity contribution in [2.24, 2.45) is 16.8 Å². The quantitative estimate of drug-likeness (QED) is 0.254. The molecule has 9 N–H and O–H groups in total. The maximum atomic E-state index is 12.0. The van der Waals surface area contributed by atoms with E-state index in [1.54, 1.807) is 30.3 Å². The van der Waals surface area contributed by atoms with Crippen LogP contribution in [0.25, 0.3) is 5.70 Å². The van der Waals surface area contributed by atoms with Crippen molar-refractivity contribution < 1.29 is 30.2 Å². The lowest BCUT2D eigenvalue weighted by Crippen LogP contribution is -2.34. The summed E-state index contributed by atoms with van der Waals surface area (Å²) >= 11 is 0. The Hall–Kier alpha value is -4.13. The molecule has 2 aromatic carbocycles. The van der Waals surface area contributed by atoms with Crippen LogP contribution in [0.5, 0.6) is 0 Å². The molecule has 1 unspecified atom stereocenters. The number of hydrogen-bond donors (Lipinski definition) is 5. The highest BCUT2D eigenvalue weighted by Gasteiger charge is 2.38. The molecule has 12 nitrogen and oxygen atoms in total. The third-order valence-electron chi connectivity index (χ3n) is 4.05. The van der Waals surface area contributed by atoms with Crippen molar-refractivity contribution in [3.05, 3.63) is 81.4 Å². The van der Waals surface area contributed by atoms with Gasteiger partial charge in [-0.2, -0.15) is 5.10 Å². The van der Waals surface area contributed by atoms with Crippen molar-refractivity contribution in [3.63, 3.8) is 0 Å². The summed E-state index contributed by atoms with van der Waals surface area (Å²) in [6.45, 7) is 0. The Kier molecular flexibility index (Phi) is 8.31. The van der Waals surface area contributed by atoms with Crippen LogP contribution in [0, 0.1) is 10.1 Å². The molecule has 0 saturated heterocycles. The van der Waals surface area contributed by atoms with Gasteiger partial charge in [-0.1, -0.05) is 42.5 Å². The molecule has 12 heteroatoms. The summed E-state index contributed by atoms with van der Waals surface area (Å²) in [6.07, 6.45) is 0. The molecule has 2 aromatic rings. The van der Waals surface area contributed by atoms with Gasteiger partial charge >= 0.3 is 11.9 Å². The molecule has 0 amide bonds. The Morgan fingerprint density at radius 2 is 1.67 bits per heavy atom. The molecular formula is C18H19N5O7. The van der Waals surface area contributed by atoms with Crippen LogP contribution >= 0.6 is 0 Å². The molecule has 0 aromatic heterocycles. The molecule has 30 heavy (non-hydrogen) atoms. The molecule has 158 valence electrons. The third kappa shape index (κ3) is 4.82. The molecule has 0 bridgehead atoms. The van der Waals surface area contributed by atoms with Gasteiger partial charge in [-0.15, -0.1) is 0 Å². The van der Waals surface area contributed by atoms with Gasteiger partial charge in [0.1, 0.15) is 0 Å². The largest absolute Gasteiger partial charge is 0.478 e. The molecule has 1 heterocycles. The lowest BCUT2D eigenvalue weighted by molar-refractivity contribution is -0.384. The molecule has 1 atom stereocenters. The van der Waals surface area contributed by atoms with E-state index < -0.39 is 28.5 Å². The Morgan fingerprint density at radius 1 is 1.03 bits per heavy atom. The first kappa shape index (κ1) is 23.9. The van der Waals surface area contributed by atoms with Gasteiger partial charge in [0, 0.05) is 17.7 Å². The van der Waals surface area contributed by atoms with Crippen LogP contribution in [0.1, 0.15) is 17.0 Å². The van der Waals surface area contributed by atoms with E-state index in [-0.39, 0.29) is 28.0 Å². The Labute approximate surface area is 169 Å². The highest BCUT2D eigenvalue weighted by molar-refractivity contribution is 6.40. The maximum absolute atomic E-state index is 12.0. The van der Waals surface area contributed by atoms with E-state index in [1.807, 2.05) is 0 Å². The Balaban J connectivity index is 0.00000146. The molecular weight excluding hydrogens is 398 g/mol. The van der Waals surface area contributed by atoms with Crippen molar-refractivity contribution in [3.8, 4) is 0 Å². The number of nitrogens with zero attached hydrogens (tertiary/aromatic N) is 2. The van der Waals surface area contributed by atoms with Gasteiger partial charge in [-0.25, -0.2) is 9.59 Å². The second-order valence-electron chi connectivity index (χ2n) is 5.66. The van der Waals surface area contributed by atoms with Crippen LogP contribution in [0.4, 0.5) is 5.69 Å². The highest BCUT2D eigenvalue weighted by Crippen LogP contribution is 2.35. The number of nitro benzene ring substituents is 1. The second kappa shape index (κ2) is 10.4. The molecule has 3 rings (SSSR count). The van der Waals surface area contributed by atoms with Crippen LogP contribution in [0.15, 0.2) is 65.3 Å². The zero-order valence-corrected chi connectivity index (χ0v) is 15.4. The smallest absolute Gasteiger partial charge is 0.353 e. The minimum Gasteiger partial charge on any atom is -0.478 e. The summed E-state index contributed by atoms with van der Waals surface area (Å²) in [5, 5.41) is 34.2. The number of nitrogens with two attached hydrogens (primary N) is 2. The van der Waals surface area contributed by atoms with Gasteiger partial charge in [0.15, 0.2) is 5.71 Å². The number of carbonyl (C=O) groups is 2. The first-order valence-corrected chi connectivity index (χ1v) is 8.07. The number of benzene rings is 2. The van der Waals surface area contributed by atoms with Crippen LogP contribution in [0.3, 0.4) is 0 Å². The zero-order chi connectivity index (χ0) is 21.6. The number of nitrogens with one attached hydrogen (secondary N) is 1. The van der Waals surface area contributed by atoms with Crippen LogP contribution in [-0.4, -0.2) is 38.3 Å². The van der Waals surface area contributed by atoms with Crippen LogP contribution in [-0.2, 0) is 9.59 Å². The standard InChI is InChI=1S/C18H13N3O6.H4N2.H2O/c22-17(23)14-13(11-7-4-8-12(9-11)21(26)27)16(18(24)25)20-19-15(14)10-5-2-1-3-6-10;1-2;/h1-9,13,19H,(H,22,23)(H,24,25);1-2H2;1H2. The molecule has 0 spiro atoms. The SMILES string of the molecule is NN.O.O=C(O)C1=NNC(c2ccccc2)=C(C(=O)O)C1c1cccc([N+](=O)[O-])c1. The highest BCUT2D eigenvalue weighted by atomic mass is 16.6. The number of rotatable bonds is 5. The minimum absolute atomic E-state index is 0. The lowest BCUT2D eigenvalue weighted by Gasteiger charge is -2.25. The summed E-state index contributed by atoms with van der Waals surface area (Å²) in [5.74, 6) is 3.94. The maximum Gasteiger partial charge on any atom is 0.353 e. The van der Waals surface area contributed by atoms with E-state index in [1.165, 1.54) is 18.2 Å². The van der Waals surface area contributed by atoms with Gasteiger partial charge in [0.25, 0.3) is 5.69 Å². The fourth-order valence-corrected chi connectivity index (χ4v) is 2.89. The normalized spacial score (nSPS) is 14.9. The average molecular weight is 417 g/mol. The topological polar surface area (TPSA) is 226 Å². The summed E-state index contributed by atoms with van der Waals surface area (Å²) in [5.41, 5.74) is 2.29. The summed E-state index contributed by atoms with van der Waals surface area (Å²) in [6, 6.07) is 13.6. The number of carboxylic acid groups (broad SMARTS) is 2. The van der Waals surface area contributed by atoms with Crippen molar-refractivity contribution >= 4 is 29.0 Å². The van der Waals surface area contributed by atoms with E-state index in [2.05, 4.69) is 22.2 Å². The molecule has 0 saturated carbocycles.